The number of aliphatic hydroxyl groups excluding tert-OH is 1. The molecule has 74 valence electrons. The highest BCUT2D eigenvalue weighted by Crippen LogP contribution is 2.11. The molecule has 2 aromatic rings. The minimum absolute atomic E-state index is 0.161. The van der Waals surface area contributed by atoms with Crippen LogP contribution in [0.4, 0.5) is 0 Å². The lowest BCUT2D eigenvalue weighted by molar-refractivity contribution is 0.263. The van der Waals surface area contributed by atoms with Gasteiger partial charge in [-0.05, 0) is 0 Å². The van der Waals surface area contributed by atoms with E-state index in [1.807, 2.05) is 7.05 Å². The molecule has 2 aromatic heterocycles. The smallest absolute Gasteiger partial charge is 0.148 e. The van der Waals surface area contributed by atoms with Crippen molar-refractivity contribution in [3.63, 3.8) is 0 Å². The van der Waals surface area contributed by atoms with Crippen LogP contribution < -0.4 is 5.73 Å². The Morgan fingerprint density at radius 2 is 2.36 bits per heavy atom. The highest BCUT2D eigenvalue weighted by molar-refractivity contribution is 5.72. The van der Waals surface area contributed by atoms with Gasteiger partial charge in [-0.15, -0.1) is 0 Å². The number of aliphatic hydroxyl groups is 1. The molecule has 6 heteroatoms. The van der Waals surface area contributed by atoms with Gasteiger partial charge in [0.1, 0.15) is 16.9 Å². The SMILES string of the molecule is Cn1ncc2nc(C(N)CO)ncc21. The first-order valence-corrected chi connectivity index (χ1v) is 4.23. The predicted molar refractivity (Wildman–Crippen MR) is 50.3 cm³/mol. The second kappa shape index (κ2) is 3.32. The summed E-state index contributed by atoms with van der Waals surface area (Å²) in [6.45, 7) is -0.161. The molecule has 2 rings (SSSR count). The second-order valence-corrected chi connectivity index (χ2v) is 3.06. The van der Waals surface area contributed by atoms with E-state index in [0.29, 0.717) is 5.82 Å². The number of hydrogen-bond donors (Lipinski definition) is 2. The van der Waals surface area contributed by atoms with Crippen LogP contribution in [0.15, 0.2) is 12.4 Å². The van der Waals surface area contributed by atoms with Crippen molar-refractivity contribution >= 4 is 11.0 Å². The molecule has 0 spiro atoms. The molecule has 14 heavy (non-hydrogen) atoms. The van der Waals surface area contributed by atoms with Crippen LogP contribution >= 0.6 is 0 Å². The van der Waals surface area contributed by atoms with Crippen LogP contribution in [0.5, 0.6) is 0 Å². The fourth-order valence-electron chi connectivity index (χ4n) is 1.21. The van der Waals surface area contributed by atoms with Crippen molar-refractivity contribution < 1.29 is 5.11 Å². The lowest BCUT2D eigenvalue weighted by atomic mass is 10.3. The van der Waals surface area contributed by atoms with E-state index in [2.05, 4.69) is 15.1 Å². The third kappa shape index (κ3) is 1.34. The van der Waals surface area contributed by atoms with Gasteiger partial charge >= 0.3 is 0 Å². The number of rotatable bonds is 2. The molecule has 6 nitrogen and oxygen atoms in total. The van der Waals surface area contributed by atoms with Crippen LogP contribution in [0, 0.1) is 0 Å². The molecule has 1 unspecified atom stereocenters. The molecule has 3 N–H and O–H groups in total. The minimum atomic E-state index is -0.528. The molecular weight excluding hydrogens is 182 g/mol. The summed E-state index contributed by atoms with van der Waals surface area (Å²) in [7, 11) is 1.82. The normalized spacial score (nSPS) is 13.4. The molecular formula is C8H11N5O. The molecule has 2 heterocycles. The van der Waals surface area contributed by atoms with Crippen molar-refractivity contribution in [1.82, 2.24) is 19.7 Å². The van der Waals surface area contributed by atoms with E-state index < -0.39 is 6.04 Å². The summed E-state index contributed by atoms with van der Waals surface area (Å²) < 4.78 is 1.68. The fraction of sp³-hybridized carbons (Fsp3) is 0.375. The Kier molecular flexibility index (Phi) is 2.14. The first kappa shape index (κ1) is 9.04. The van der Waals surface area contributed by atoms with E-state index in [0.717, 1.165) is 11.0 Å². The Balaban J connectivity index is 2.52. The number of fused-ring (bicyclic) bond motifs is 1. The van der Waals surface area contributed by atoms with Crippen molar-refractivity contribution in [1.29, 1.82) is 0 Å². The Morgan fingerprint density at radius 3 is 3.07 bits per heavy atom. The summed E-state index contributed by atoms with van der Waals surface area (Å²) in [5, 5.41) is 12.9. The van der Waals surface area contributed by atoms with E-state index in [4.69, 9.17) is 10.8 Å². The van der Waals surface area contributed by atoms with Gasteiger partial charge < -0.3 is 10.8 Å². The molecule has 0 aliphatic rings. The summed E-state index contributed by atoms with van der Waals surface area (Å²) in [5.74, 6) is 0.438. The van der Waals surface area contributed by atoms with Crippen LogP contribution in [0.3, 0.4) is 0 Å². The lowest BCUT2D eigenvalue weighted by Gasteiger charge is -2.05. The largest absolute Gasteiger partial charge is 0.394 e. The summed E-state index contributed by atoms with van der Waals surface area (Å²) >= 11 is 0. The molecule has 0 bridgehead atoms. The van der Waals surface area contributed by atoms with Crippen molar-refractivity contribution in [3.05, 3.63) is 18.2 Å². The van der Waals surface area contributed by atoms with E-state index in [1.54, 1.807) is 17.1 Å². The van der Waals surface area contributed by atoms with Gasteiger partial charge in [0.25, 0.3) is 0 Å². The van der Waals surface area contributed by atoms with Crippen molar-refractivity contribution in [2.45, 2.75) is 6.04 Å². The molecule has 0 aliphatic carbocycles. The summed E-state index contributed by atoms with van der Waals surface area (Å²) in [5.41, 5.74) is 7.17. The van der Waals surface area contributed by atoms with Gasteiger partial charge in [0.05, 0.1) is 25.0 Å². The minimum Gasteiger partial charge on any atom is -0.394 e. The van der Waals surface area contributed by atoms with Crippen LogP contribution in [0.25, 0.3) is 11.0 Å². The van der Waals surface area contributed by atoms with Crippen molar-refractivity contribution in [3.8, 4) is 0 Å². The van der Waals surface area contributed by atoms with Gasteiger partial charge in [-0.1, -0.05) is 0 Å². The molecule has 0 aliphatic heterocycles. The summed E-state index contributed by atoms with van der Waals surface area (Å²) in [6.07, 6.45) is 3.30. The van der Waals surface area contributed by atoms with E-state index >= 15 is 0 Å². The molecule has 0 radical (unpaired) electrons. The summed E-state index contributed by atoms with van der Waals surface area (Å²) in [6, 6.07) is -0.528. The van der Waals surface area contributed by atoms with Gasteiger partial charge in [-0.3, -0.25) is 4.68 Å². The topological polar surface area (TPSA) is 89.9 Å². The Labute approximate surface area is 80.4 Å². The third-order valence-corrected chi connectivity index (χ3v) is 2.05. The quantitative estimate of drug-likeness (QED) is 0.661. The maximum absolute atomic E-state index is 8.84. The van der Waals surface area contributed by atoms with Crippen molar-refractivity contribution in [2.24, 2.45) is 12.8 Å². The van der Waals surface area contributed by atoms with Crippen LogP contribution in [0.1, 0.15) is 11.9 Å². The van der Waals surface area contributed by atoms with Gasteiger partial charge in [0.15, 0.2) is 0 Å². The molecule has 0 aromatic carbocycles. The van der Waals surface area contributed by atoms with Crippen molar-refractivity contribution in [2.75, 3.05) is 6.61 Å². The zero-order valence-electron chi connectivity index (χ0n) is 7.75. The highest BCUT2D eigenvalue weighted by atomic mass is 16.3. The van der Waals surface area contributed by atoms with E-state index in [9.17, 15) is 0 Å². The highest BCUT2D eigenvalue weighted by Gasteiger charge is 2.09. The first-order valence-electron chi connectivity index (χ1n) is 4.23. The maximum atomic E-state index is 8.84. The van der Waals surface area contributed by atoms with E-state index in [1.165, 1.54) is 0 Å². The zero-order chi connectivity index (χ0) is 10.1. The van der Waals surface area contributed by atoms with Crippen LogP contribution in [-0.2, 0) is 7.05 Å². The second-order valence-electron chi connectivity index (χ2n) is 3.06. The van der Waals surface area contributed by atoms with Gasteiger partial charge in [-0.25, -0.2) is 9.97 Å². The number of aryl methyl sites for hydroxylation is 1. The molecule has 0 saturated heterocycles. The van der Waals surface area contributed by atoms with Gasteiger partial charge in [0, 0.05) is 7.05 Å². The molecule has 0 saturated carbocycles. The van der Waals surface area contributed by atoms with E-state index in [-0.39, 0.29) is 6.61 Å². The average Bonchev–Trinajstić information content (AvgIpc) is 2.59. The first-order chi connectivity index (χ1) is 6.72. The maximum Gasteiger partial charge on any atom is 0.148 e. The lowest BCUT2D eigenvalue weighted by Crippen LogP contribution is -2.17. The Bertz CT molecular complexity index is 452. The Hall–Kier alpha value is -1.53. The average molecular weight is 193 g/mol. The fourth-order valence-corrected chi connectivity index (χ4v) is 1.21. The number of nitrogens with zero attached hydrogens (tertiary/aromatic N) is 4. The van der Waals surface area contributed by atoms with Crippen LogP contribution in [-0.4, -0.2) is 31.5 Å². The third-order valence-electron chi connectivity index (χ3n) is 2.05. The molecule has 0 amide bonds. The van der Waals surface area contributed by atoms with Gasteiger partial charge in [-0.2, -0.15) is 5.10 Å². The number of hydrogen-bond acceptors (Lipinski definition) is 5. The summed E-state index contributed by atoms with van der Waals surface area (Å²) in [4.78, 5) is 8.24. The Morgan fingerprint density at radius 1 is 1.57 bits per heavy atom. The number of nitrogens with two attached hydrogens (primary N) is 1. The van der Waals surface area contributed by atoms with Gasteiger partial charge in [0.2, 0.25) is 0 Å². The van der Waals surface area contributed by atoms with Crippen LogP contribution in [0.2, 0.25) is 0 Å². The predicted octanol–water partition coefficient (Wildman–Crippen LogP) is -0.645. The standard InChI is InChI=1S/C8H11N5O/c1-13-7-3-10-8(5(9)4-14)12-6(7)2-11-13/h2-3,5,14H,4,9H2,1H3. The molecule has 1 atom stereocenters. The number of aromatic nitrogens is 4. The molecule has 0 fully saturated rings. The zero-order valence-corrected chi connectivity index (χ0v) is 7.75. The monoisotopic (exact) mass is 193 g/mol.